The van der Waals surface area contributed by atoms with Gasteiger partial charge in [0, 0.05) is 0 Å². The molecule has 1 N–H and O–H groups in total. The van der Waals surface area contributed by atoms with Crippen molar-refractivity contribution in [3.63, 3.8) is 0 Å². The van der Waals surface area contributed by atoms with Crippen LogP contribution in [0.3, 0.4) is 0 Å². The molecule has 0 aromatic heterocycles. The van der Waals surface area contributed by atoms with Crippen LogP contribution in [-0.2, 0) is 6.42 Å². The van der Waals surface area contributed by atoms with Crippen LogP contribution >= 0.6 is 0 Å². The quantitative estimate of drug-likeness (QED) is 0.815. The normalized spacial score (nSPS) is 40.4. The molecule has 2 fully saturated rings. The predicted molar refractivity (Wildman–Crippen MR) is 97.3 cm³/mol. The molecule has 2 heteroatoms. The highest BCUT2D eigenvalue weighted by Crippen LogP contribution is 2.62. The molecule has 2 nitrogen and oxygen atoms in total. The number of aliphatic hydroxyl groups is 1. The van der Waals surface area contributed by atoms with Crippen molar-refractivity contribution in [3.05, 3.63) is 42.0 Å². The molecule has 3 aliphatic rings. The lowest BCUT2D eigenvalue weighted by molar-refractivity contribution is -0.0377. The maximum atomic E-state index is 10.6. The molecule has 0 saturated heterocycles. The third kappa shape index (κ3) is 2.26. The third-order valence-electron chi connectivity index (χ3n) is 7.53. The molecule has 6 atom stereocenters. The number of allylic oxidation sites excluding steroid dienone is 1. The second kappa shape index (κ2) is 5.91. The fourth-order valence-corrected chi connectivity index (χ4v) is 6.31. The van der Waals surface area contributed by atoms with Gasteiger partial charge in [-0.3, -0.25) is 0 Å². The molecule has 0 spiro atoms. The van der Waals surface area contributed by atoms with Crippen LogP contribution in [0.15, 0.2) is 30.9 Å². The highest BCUT2D eigenvalue weighted by molar-refractivity contribution is 5.41. The van der Waals surface area contributed by atoms with Crippen molar-refractivity contribution in [2.45, 2.75) is 57.5 Å². The number of methoxy groups -OCH3 is 1. The number of fused-ring (bicyclic) bond motifs is 5. The summed E-state index contributed by atoms with van der Waals surface area (Å²) in [5.74, 6) is 3.63. The van der Waals surface area contributed by atoms with E-state index in [0.29, 0.717) is 23.7 Å². The first-order valence-corrected chi connectivity index (χ1v) is 9.54. The van der Waals surface area contributed by atoms with Crippen molar-refractivity contribution in [1.29, 1.82) is 0 Å². The van der Waals surface area contributed by atoms with Crippen LogP contribution in [0.1, 0.15) is 56.1 Å². The van der Waals surface area contributed by atoms with Gasteiger partial charge in [0.1, 0.15) is 5.75 Å². The number of rotatable bonds is 3. The van der Waals surface area contributed by atoms with Crippen molar-refractivity contribution in [3.8, 4) is 5.75 Å². The zero-order chi connectivity index (χ0) is 16.9. The summed E-state index contributed by atoms with van der Waals surface area (Å²) in [7, 11) is 1.75. The molecule has 130 valence electrons. The molecule has 1 aromatic carbocycles. The average molecular weight is 326 g/mol. The van der Waals surface area contributed by atoms with Crippen molar-refractivity contribution >= 4 is 0 Å². The summed E-state index contributed by atoms with van der Waals surface area (Å²) in [6.07, 6.45) is 8.75. The zero-order valence-corrected chi connectivity index (χ0v) is 15.0. The Labute approximate surface area is 145 Å². The molecular formula is C22H30O2. The Balaban J connectivity index is 1.76. The molecule has 3 aliphatic carbocycles. The Morgan fingerprint density at radius 1 is 1.33 bits per heavy atom. The van der Waals surface area contributed by atoms with Gasteiger partial charge in [0.05, 0.1) is 13.2 Å². The van der Waals surface area contributed by atoms with Gasteiger partial charge in [0.2, 0.25) is 0 Å². The van der Waals surface area contributed by atoms with Crippen molar-refractivity contribution < 1.29 is 9.84 Å². The lowest BCUT2D eigenvalue weighted by atomic mass is 9.52. The van der Waals surface area contributed by atoms with E-state index in [1.165, 1.54) is 18.4 Å². The number of hydrogen-bond donors (Lipinski definition) is 1. The Hall–Kier alpha value is -1.28. The largest absolute Gasteiger partial charge is 0.497 e. The summed E-state index contributed by atoms with van der Waals surface area (Å²) in [5, 5.41) is 10.6. The van der Waals surface area contributed by atoms with Gasteiger partial charge >= 0.3 is 0 Å². The van der Waals surface area contributed by atoms with Gasteiger partial charge in [-0.1, -0.05) is 19.1 Å². The Kier molecular flexibility index (Phi) is 3.99. The molecule has 24 heavy (non-hydrogen) atoms. The van der Waals surface area contributed by atoms with Crippen molar-refractivity contribution in [2.75, 3.05) is 7.11 Å². The number of aliphatic hydroxyl groups excluding tert-OH is 1. The van der Waals surface area contributed by atoms with E-state index in [1.807, 2.05) is 0 Å². The van der Waals surface area contributed by atoms with E-state index in [-0.39, 0.29) is 11.5 Å². The standard InChI is InChI=1S/C22H30O2/c1-4-5-14-12-15-13-16(24-3)6-7-17(15)18-10-11-22(2)19(21(14)18)8-9-20(22)23/h4,6-7,13-14,18-21,23H,1,5,8-12H2,2-3H3/t14-,18-,19+,20?,21-,22+/m1/s1. The summed E-state index contributed by atoms with van der Waals surface area (Å²) in [6, 6.07) is 6.68. The molecule has 0 amide bonds. The Morgan fingerprint density at radius 2 is 2.17 bits per heavy atom. The van der Waals surface area contributed by atoms with E-state index in [4.69, 9.17) is 4.74 Å². The second-order valence-electron chi connectivity index (χ2n) is 8.48. The van der Waals surface area contributed by atoms with E-state index in [9.17, 15) is 5.11 Å². The van der Waals surface area contributed by atoms with Crippen LogP contribution in [0.4, 0.5) is 0 Å². The Bertz CT molecular complexity index is 637. The van der Waals surface area contributed by atoms with Gasteiger partial charge in [-0.05, 0) is 90.9 Å². The molecule has 0 radical (unpaired) electrons. The average Bonchev–Trinajstić information content (AvgIpc) is 2.89. The van der Waals surface area contributed by atoms with E-state index in [2.05, 4.69) is 37.8 Å². The molecule has 2 saturated carbocycles. The Morgan fingerprint density at radius 3 is 2.92 bits per heavy atom. The first-order valence-electron chi connectivity index (χ1n) is 9.54. The van der Waals surface area contributed by atoms with E-state index in [1.54, 1.807) is 12.7 Å². The van der Waals surface area contributed by atoms with Crippen LogP contribution in [0.25, 0.3) is 0 Å². The second-order valence-corrected chi connectivity index (χ2v) is 8.48. The predicted octanol–water partition coefficient (Wildman–Crippen LogP) is 4.71. The molecule has 0 bridgehead atoms. The number of benzene rings is 1. The summed E-state index contributed by atoms with van der Waals surface area (Å²) in [4.78, 5) is 0. The van der Waals surface area contributed by atoms with Crippen LogP contribution in [0, 0.1) is 23.2 Å². The van der Waals surface area contributed by atoms with Crippen LogP contribution in [0.5, 0.6) is 5.75 Å². The van der Waals surface area contributed by atoms with Crippen LogP contribution in [0.2, 0.25) is 0 Å². The van der Waals surface area contributed by atoms with Gasteiger partial charge in [0.25, 0.3) is 0 Å². The highest BCUT2D eigenvalue weighted by atomic mass is 16.5. The fourth-order valence-electron chi connectivity index (χ4n) is 6.31. The minimum Gasteiger partial charge on any atom is -0.497 e. The highest BCUT2D eigenvalue weighted by Gasteiger charge is 2.56. The lowest BCUT2D eigenvalue weighted by Gasteiger charge is -2.53. The zero-order valence-electron chi connectivity index (χ0n) is 15.0. The molecule has 0 aliphatic heterocycles. The first-order chi connectivity index (χ1) is 11.6. The number of ether oxygens (including phenoxy) is 1. The van der Waals surface area contributed by atoms with Gasteiger partial charge in [-0.2, -0.15) is 0 Å². The van der Waals surface area contributed by atoms with E-state index >= 15 is 0 Å². The maximum Gasteiger partial charge on any atom is 0.119 e. The van der Waals surface area contributed by atoms with Gasteiger partial charge in [-0.25, -0.2) is 0 Å². The smallest absolute Gasteiger partial charge is 0.119 e. The molecule has 0 heterocycles. The first kappa shape index (κ1) is 16.2. The lowest BCUT2D eigenvalue weighted by Crippen LogP contribution is -2.47. The summed E-state index contributed by atoms with van der Waals surface area (Å²) in [5.41, 5.74) is 3.15. The maximum absolute atomic E-state index is 10.6. The van der Waals surface area contributed by atoms with Crippen molar-refractivity contribution in [1.82, 2.24) is 0 Å². The SMILES string of the molecule is C=CC[C@@H]1Cc2cc(OC)ccc2[C@H]2CC[C@]3(C)C(O)CC[C@H]3[C@H]12. The summed E-state index contributed by atoms with van der Waals surface area (Å²) in [6.45, 7) is 6.37. The molecule has 1 unspecified atom stereocenters. The summed E-state index contributed by atoms with van der Waals surface area (Å²) < 4.78 is 5.46. The van der Waals surface area contributed by atoms with Crippen LogP contribution in [-0.4, -0.2) is 18.3 Å². The monoisotopic (exact) mass is 326 g/mol. The minimum atomic E-state index is -0.106. The van der Waals surface area contributed by atoms with E-state index in [0.717, 1.165) is 31.4 Å². The van der Waals surface area contributed by atoms with E-state index < -0.39 is 0 Å². The minimum absolute atomic E-state index is 0.106. The summed E-state index contributed by atoms with van der Waals surface area (Å²) >= 11 is 0. The number of hydrogen-bond acceptors (Lipinski definition) is 2. The molecule has 1 aromatic rings. The topological polar surface area (TPSA) is 29.5 Å². The fraction of sp³-hybridized carbons (Fsp3) is 0.636. The molecular weight excluding hydrogens is 296 g/mol. The van der Waals surface area contributed by atoms with Crippen molar-refractivity contribution in [2.24, 2.45) is 23.2 Å². The van der Waals surface area contributed by atoms with Gasteiger partial charge < -0.3 is 9.84 Å². The van der Waals surface area contributed by atoms with Crippen LogP contribution < -0.4 is 4.74 Å². The van der Waals surface area contributed by atoms with Gasteiger partial charge in [-0.15, -0.1) is 6.58 Å². The van der Waals surface area contributed by atoms with Gasteiger partial charge in [0.15, 0.2) is 0 Å². The molecule has 4 rings (SSSR count). The third-order valence-corrected chi connectivity index (χ3v) is 7.53.